The van der Waals surface area contributed by atoms with Crippen LogP contribution in [0.1, 0.15) is 54.9 Å². The zero-order valence-corrected chi connectivity index (χ0v) is 19.0. The second-order valence-corrected chi connectivity index (χ2v) is 8.68. The summed E-state index contributed by atoms with van der Waals surface area (Å²) in [6.45, 7) is 2.09. The van der Waals surface area contributed by atoms with Crippen molar-refractivity contribution in [3.63, 3.8) is 0 Å². The summed E-state index contributed by atoms with van der Waals surface area (Å²) in [5.41, 5.74) is 4.57. The van der Waals surface area contributed by atoms with Gasteiger partial charge in [0.1, 0.15) is 22.9 Å². The molecule has 4 aromatic rings. The highest BCUT2D eigenvalue weighted by atomic mass is 16.5. The summed E-state index contributed by atoms with van der Waals surface area (Å²) < 4.78 is 7.72. The summed E-state index contributed by atoms with van der Waals surface area (Å²) in [7, 11) is 0. The van der Waals surface area contributed by atoms with Crippen molar-refractivity contribution in [1.82, 2.24) is 9.38 Å². The third-order valence-electron chi connectivity index (χ3n) is 6.41. The number of nitrogens with one attached hydrogen (secondary N) is 1. The highest BCUT2D eigenvalue weighted by Gasteiger charge is 2.19. The third kappa shape index (κ3) is 4.63. The van der Waals surface area contributed by atoms with Crippen LogP contribution in [0.15, 0.2) is 72.9 Å². The molecule has 0 atom stereocenters. The van der Waals surface area contributed by atoms with Crippen LogP contribution in [0.25, 0.3) is 16.9 Å². The molecule has 33 heavy (non-hydrogen) atoms. The number of anilines is 1. The van der Waals surface area contributed by atoms with Crippen molar-refractivity contribution in [3.8, 4) is 17.0 Å². The standard InChI is InChI=1S/C28H29N3O2/c1-2-20-11-13-22(14-12-20)28(32)33-24-17-15-21(16-18-24)26-27(29-23-8-4-3-5-9-23)31-19-7-6-10-25(31)30-26/h6-7,10-19,23,29H,2-5,8-9H2,1H3. The summed E-state index contributed by atoms with van der Waals surface area (Å²) in [6, 6.07) is 21.7. The van der Waals surface area contributed by atoms with E-state index in [1.807, 2.05) is 66.7 Å². The second kappa shape index (κ2) is 9.49. The Bertz CT molecular complexity index is 1240. The van der Waals surface area contributed by atoms with Crippen molar-refractivity contribution in [2.45, 2.75) is 51.5 Å². The number of fused-ring (bicyclic) bond motifs is 1. The summed E-state index contributed by atoms with van der Waals surface area (Å²) in [5.74, 6) is 1.20. The molecule has 1 N–H and O–H groups in total. The number of carbonyl (C=O) groups is 1. The van der Waals surface area contributed by atoms with Gasteiger partial charge in [-0.2, -0.15) is 0 Å². The van der Waals surface area contributed by atoms with E-state index in [4.69, 9.17) is 9.72 Å². The Morgan fingerprint density at radius 3 is 2.48 bits per heavy atom. The van der Waals surface area contributed by atoms with Gasteiger partial charge < -0.3 is 10.1 Å². The Morgan fingerprint density at radius 2 is 1.76 bits per heavy atom. The summed E-state index contributed by atoms with van der Waals surface area (Å²) in [5, 5.41) is 3.76. The molecule has 2 aromatic carbocycles. The van der Waals surface area contributed by atoms with Gasteiger partial charge in [-0.1, -0.05) is 44.4 Å². The maximum absolute atomic E-state index is 12.5. The van der Waals surface area contributed by atoms with Crippen LogP contribution < -0.4 is 10.1 Å². The van der Waals surface area contributed by atoms with E-state index in [-0.39, 0.29) is 5.97 Å². The predicted molar refractivity (Wildman–Crippen MR) is 132 cm³/mol. The first-order valence-electron chi connectivity index (χ1n) is 11.9. The molecular weight excluding hydrogens is 410 g/mol. The number of rotatable bonds is 6. The van der Waals surface area contributed by atoms with E-state index >= 15 is 0 Å². The minimum absolute atomic E-state index is 0.349. The Kier molecular flexibility index (Phi) is 6.11. The van der Waals surface area contributed by atoms with Crippen LogP contribution in [0.2, 0.25) is 0 Å². The maximum atomic E-state index is 12.5. The van der Waals surface area contributed by atoms with Crippen molar-refractivity contribution in [1.29, 1.82) is 0 Å². The van der Waals surface area contributed by atoms with E-state index in [1.54, 1.807) is 0 Å². The minimum atomic E-state index is -0.349. The number of aromatic nitrogens is 2. The lowest BCUT2D eigenvalue weighted by Crippen LogP contribution is -2.23. The second-order valence-electron chi connectivity index (χ2n) is 8.68. The molecule has 0 saturated heterocycles. The molecule has 168 valence electrons. The average Bonchev–Trinajstić information content (AvgIpc) is 3.23. The Labute approximate surface area is 194 Å². The number of imidazole rings is 1. The van der Waals surface area contributed by atoms with E-state index < -0.39 is 0 Å². The normalized spacial score (nSPS) is 14.3. The van der Waals surface area contributed by atoms with E-state index in [1.165, 1.54) is 37.7 Å². The monoisotopic (exact) mass is 439 g/mol. The molecular formula is C28H29N3O2. The molecule has 0 spiro atoms. The van der Waals surface area contributed by atoms with E-state index in [0.717, 1.165) is 29.1 Å². The molecule has 0 amide bonds. The highest BCUT2D eigenvalue weighted by Crippen LogP contribution is 2.32. The molecule has 1 aliphatic carbocycles. The van der Waals surface area contributed by atoms with Gasteiger partial charge in [-0.15, -0.1) is 0 Å². The molecule has 2 aromatic heterocycles. The van der Waals surface area contributed by atoms with Crippen LogP contribution in [0.3, 0.4) is 0 Å². The van der Waals surface area contributed by atoms with Crippen LogP contribution in [-0.4, -0.2) is 21.4 Å². The molecule has 1 fully saturated rings. The maximum Gasteiger partial charge on any atom is 0.343 e. The average molecular weight is 440 g/mol. The van der Waals surface area contributed by atoms with Crippen molar-refractivity contribution in [3.05, 3.63) is 84.1 Å². The molecule has 5 heteroatoms. The molecule has 0 radical (unpaired) electrons. The zero-order chi connectivity index (χ0) is 22.6. The van der Waals surface area contributed by atoms with Gasteiger partial charge in [0.2, 0.25) is 0 Å². The van der Waals surface area contributed by atoms with Gasteiger partial charge in [-0.05, 0) is 73.4 Å². The number of ether oxygens (including phenoxy) is 1. The fraction of sp³-hybridized carbons (Fsp3) is 0.286. The van der Waals surface area contributed by atoms with Crippen LogP contribution >= 0.6 is 0 Å². The Hall–Kier alpha value is -3.60. The van der Waals surface area contributed by atoms with E-state index in [9.17, 15) is 4.79 Å². The van der Waals surface area contributed by atoms with Crippen LogP contribution in [0.5, 0.6) is 5.75 Å². The summed E-state index contributed by atoms with van der Waals surface area (Å²) >= 11 is 0. The van der Waals surface area contributed by atoms with Crippen LogP contribution in [0, 0.1) is 0 Å². The predicted octanol–water partition coefficient (Wildman–Crippen LogP) is 6.53. The number of nitrogens with zero attached hydrogens (tertiary/aromatic N) is 2. The SMILES string of the molecule is CCc1ccc(C(=O)Oc2ccc(-c3nc4ccccn4c3NC3CCCCC3)cc2)cc1. The molecule has 1 aliphatic rings. The van der Waals surface area contributed by atoms with Gasteiger partial charge >= 0.3 is 5.97 Å². The zero-order valence-electron chi connectivity index (χ0n) is 19.0. The number of carbonyl (C=O) groups excluding carboxylic acids is 1. The van der Waals surface area contributed by atoms with Crippen molar-refractivity contribution < 1.29 is 9.53 Å². The molecule has 0 aliphatic heterocycles. The van der Waals surface area contributed by atoms with Gasteiger partial charge in [0.25, 0.3) is 0 Å². The fourth-order valence-corrected chi connectivity index (χ4v) is 4.50. The fourth-order valence-electron chi connectivity index (χ4n) is 4.50. The lowest BCUT2D eigenvalue weighted by molar-refractivity contribution is 0.0735. The lowest BCUT2D eigenvalue weighted by atomic mass is 9.95. The summed E-state index contributed by atoms with van der Waals surface area (Å²) in [4.78, 5) is 17.4. The van der Waals surface area contributed by atoms with Crippen LogP contribution in [0.4, 0.5) is 5.82 Å². The molecule has 2 heterocycles. The van der Waals surface area contributed by atoms with Gasteiger partial charge in [-0.3, -0.25) is 4.40 Å². The topological polar surface area (TPSA) is 55.6 Å². The first-order valence-corrected chi connectivity index (χ1v) is 11.9. The molecule has 0 unspecified atom stereocenters. The number of aryl methyl sites for hydroxylation is 1. The lowest BCUT2D eigenvalue weighted by Gasteiger charge is -2.24. The molecule has 0 bridgehead atoms. The van der Waals surface area contributed by atoms with Crippen molar-refractivity contribution in [2.75, 3.05) is 5.32 Å². The first-order chi connectivity index (χ1) is 16.2. The smallest absolute Gasteiger partial charge is 0.343 e. The number of esters is 1. The van der Waals surface area contributed by atoms with Crippen molar-refractivity contribution >= 4 is 17.4 Å². The number of hydrogen-bond acceptors (Lipinski definition) is 4. The van der Waals surface area contributed by atoms with E-state index in [2.05, 4.69) is 22.8 Å². The van der Waals surface area contributed by atoms with E-state index in [0.29, 0.717) is 17.4 Å². The van der Waals surface area contributed by atoms with Gasteiger partial charge in [0.15, 0.2) is 0 Å². The quantitative estimate of drug-likeness (QED) is 0.274. The van der Waals surface area contributed by atoms with Gasteiger partial charge in [0, 0.05) is 17.8 Å². The molecule has 5 rings (SSSR count). The van der Waals surface area contributed by atoms with Gasteiger partial charge in [-0.25, -0.2) is 9.78 Å². The van der Waals surface area contributed by atoms with Crippen LogP contribution in [-0.2, 0) is 6.42 Å². The van der Waals surface area contributed by atoms with Crippen molar-refractivity contribution in [2.24, 2.45) is 0 Å². The van der Waals surface area contributed by atoms with Gasteiger partial charge in [0.05, 0.1) is 5.56 Å². The number of pyridine rings is 1. The number of benzene rings is 2. The first kappa shape index (κ1) is 21.3. The summed E-state index contributed by atoms with van der Waals surface area (Å²) in [6.07, 6.45) is 9.23. The minimum Gasteiger partial charge on any atom is -0.423 e. The Morgan fingerprint density at radius 1 is 1.00 bits per heavy atom. The molecule has 5 nitrogen and oxygen atoms in total. The highest BCUT2D eigenvalue weighted by molar-refractivity contribution is 5.91. The Balaban J connectivity index is 1.38. The third-order valence-corrected chi connectivity index (χ3v) is 6.41. The molecule has 1 saturated carbocycles. The number of hydrogen-bond donors (Lipinski definition) is 1. The largest absolute Gasteiger partial charge is 0.423 e.